The first-order valence-corrected chi connectivity index (χ1v) is 10.9. The van der Waals surface area contributed by atoms with Crippen molar-refractivity contribution >= 4 is 33.0 Å². The van der Waals surface area contributed by atoms with Gasteiger partial charge in [-0.2, -0.15) is 0 Å². The summed E-state index contributed by atoms with van der Waals surface area (Å²) in [4.78, 5) is 12.9. The van der Waals surface area contributed by atoms with Gasteiger partial charge in [-0.3, -0.25) is 4.79 Å². The summed E-state index contributed by atoms with van der Waals surface area (Å²) in [5.74, 6) is -0.289. The van der Waals surface area contributed by atoms with E-state index in [1.807, 2.05) is 24.3 Å². The minimum Gasteiger partial charge on any atom is -0.394 e. The minimum atomic E-state index is -1.49. The molecule has 5 N–H and O–H groups in total. The van der Waals surface area contributed by atoms with Crippen molar-refractivity contribution in [3.63, 3.8) is 0 Å². The van der Waals surface area contributed by atoms with Crippen LogP contribution in [0.25, 0.3) is 10.1 Å². The third-order valence-corrected chi connectivity index (χ3v) is 6.60. The van der Waals surface area contributed by atoms with Crippen molar-refractivity contribution in [3.05, 3.63) is 64.5 Å². The van der Waals surface area contributed by atoms with Gasteiger partial charge in [0, 0.05) is 34.2 Å². The van der Waals surface area contributed by atoms with E-state index in [1.165, 1.54) is 17.0 Å². The molecule has 164 valence electrons. The summed E-state index contributed by atoms with van der Waals surface area (Å²) in [6, 6.07) is 15.7. The van der Waals surface area contributed by atoms with E-state index in [0.29, 0.717) is 17.7 Å². The second-order valence-corrected chi connectivity index (χ2v) is 8.95. The Morgan fingerprint density at radius 2 is 1.84 bits per heavy atom. The van der Waals surface area contributed by atoms with Crippen LogP contribution >= 0.6 is 11.3 Å². The van der Waals surface area contributed by atoms with Gasteiger partial charge in [-0.15, -0.1) is 11.3 Å². The molecule has 2 heterocycles. The fourth-order valence-electron chi connectivity index (χ4n) is 3.94. The average Bonchev–Trinajstić information content (AvgIpc) is 3.15. The van der Waals surface area contributed by atoms with Crippen molar-refractivity contribution in [2.45, 2.75) is 43.9 Å². The minimum absolute atomic E-state index is 0.289. The molecule has 2 aromatic carbocycles. The first kappa shape index (κ1) is 21.9. The lowest BCUT2D eigenvalue weighted by atomic mass is 9.89. The van der Waals surface area contributed by atoms with Crippen molar-refractivity contribution in [1.82, 2.24) is 0 Å². The number of benzene rings is 2. The Hall–Kier alpha value is -2.33. The molecule has 31 heavy (non-hydrogen) atoms. The molecule has 0 unspecified atom stereocenters. The molecule has 0 aliphatic carbocycles. The monoisotopic (exact) mass is 443 g/mol. The van der Waals surface area contributed by atoms with Crippen molar-refractivity contribution < 1.29 is 30.0 Å². The summed E-state index contributed by atoms with van der Waals surface area (Å²) in [6.45, 7) is 0.862. The lowest BCUT2D eigenvalue weighted by molar-refractivity contribution is -0.231. The molecule has 0 spiro atoms. The van der Waals surface area contributed by atoms with Crippen LogP contribution in [-0.4, -0.2) is 57.4 Å². The normalized spacial score (nSPS) is 26.2. The summed E-state index contributed by atoms with van der Waals surface area (Å²) in [6.07, 6.45) is -5.77. The van der Waals surface area contributed by atoms with Gasteiger partial charge in [0.25, 0.3) is 0 Å². The number of ether oxygens (including phenoxy) is 1. The summed E-state index contributed by atoms with van der Waals surface area (Å²) in [5, 5.41) is 44.3. The van der Waals surface area contributed by atoms with Crippen LogP contribution in [0.1, 0.15) is 29.0 Å². The zero-order chi connectivity index (χ0) is 22.1. The summed E-state index contributed by atoms with van der Waals surface area (Å²) in [7, 11) is 0. The highest BCUT2D eigenvalue weighted by Gasteiger charge is 2.44. The van der Waals surface area contributed by atoms with E-state index in [9.17, 15) is 25.2 Å². The second-order valence-electron chi connectivity index (χ2n) is 7.78. The fraction of sp³-hybridized carbons (Fsp3) is 0.348. The molecule has 5 atom stereocenters. The predicted octanol–water partition coefficient (Wildman–Crippen LogP) is 1.97. The maximum absolute atomic E-state index is 11.7. The SMILES string of the molecule is CC(=O)Nc1ccc(Cc2cc3ccccc3s2)cc1[C@@H]1O[C@H](CO)[C@@H](O)[C@H](O)[C@H]1O. The standard InChI is InChI=1S/C23H25NO6S/c1-12(26)24-17-7-6-13(8-15-10-14-4-2-3-5-19(14)31-15)9-16(17)23-22(29)21(28)20(27)18(11-25)30-23/h2-7,9-10,18,20-23,25,27-29H,8,11H2,1H3,(H,24,26)/t18-,20-,21+,22-,23+/m1/s1. The summed E-state index contributed by atoms with van der Waals surface area (Å²) < 4.78 is 6.93. The molecule has 1 amide bonds. The van der Waals surface area contributed by atoms with Gasteiger partial charge in [-0.05, 0) is 29.1 Å². The van der Waals surface area contributed by atoms with E-state index in [-0.39, 0.29) is 5.91 Å². The topological polar surface area (TPSA) is 119 Å². The summed E-state index contributed by atoms with van der Waals surface area (Å²) >= 11 is 1.70. The Bertz CT molecular complexity index is 1050. The molecular formula is C23H25NO6S. The molecule has 8 heteroatoms. The number of fused-ring (bicyclic) bond motifs is 1. The Labute approximate surface area is 183 Å². The smallest absolute Gasteiger partial charge is 0.221 e. The van der Waals surface area contributed by atoms with Crippen molar-refractivity contribution in [2.75, 3.05) is 11.9 Å². The number of nitrogens with one attached hydrogen (secondary N) is 1. The van der Waals surface area contributed by atoms with Crippen LogP contribution in [0.15, 0.2) is 48.5 Å². The Balaban J connectivity index is 1.69. The zero-order valence-electron chi connectivity index (χ0n) is 16.9. The number of hydrogen-bond donors (Lipinski definition) is 5. The first-order valence-electron chi connectivity index (χ1n) is 10.1. The number of hydrogen-bond acceptors (Lipinski definition) is 7. The van der Waals surface area contributed by atoms with Crippen LogP contribution in [0.3, 0.4) is 0 Å². The number of carbonyl (C=O) groups excluding carboxylic acids is 1. The number of anilines is 1. The zero-order valence-corrected chi connectivity index (χ0v) is 17.7. The first-order chi connectivity index (χ1) is 14.9. The van der Waals surface area contributed by atoms with E-state index in [0.717, 1.165) is 10.4 Å². The van der Waals surface area contributed by atoms with Gasteiger partial charge in [-0.1, -0.05) is 30.3 Å². The van der Waals surface area contributed by atoms with Gasteiger partial charge in [0.15, 0.2) is 0 Å². The summed E-state index contributed by atoms with van der Waals surface area (Å²) in [5.41, 5.74) is 1.86. The highest BCUT2D eigenvalue weighted by atomic mass is 32.1. The van der Waals surface area contributed by atoms with Crippen LogP contribution in [0.4, 0.5) is 5.69 Å². The average molecular weight is 444 g/mol. The van der Waals surface area contributed by atoms with Crippen molar-refractivity contribution in [3.8, 4) is 0 Å². The Kier molecular flexibility index (Phi) is 6.38. The van der Waals surface area contributed by atoms with Gasteiger partial charge < -0.3 is 30.5 Å². The maximum atomic E-state index is 11.7. The van der Waals surface area contributed by atoms with E-state index < -0.39 is 37.1 Å². The molecule has 1 aromatic heterocycles. The third-order valence-electron chi connectivity index (χ3n) is 5.48. The van der Waals surface area contributed by atoms with Crippen molar-refractivity contribution in [2.24, 2.45) is 0 Å². The molecule has 0 bridgehead atoms. The van der Waals surface area contributed by atoms with E-state index in [4.69, 9.17) is 4.74 Å². The van der Waals surface area contributed by atoms with Gasteiger partial charge in [0.1, 0.15) is 30.5 Å². The van der Waals surface area contributed by atoms with Crippen LogP contribution in [0.2, 0.25) is 0 Å². The quantitative estimate of drug-likeness (QED) is 0.411. The molecule has 4 rings (SSSR count). The third kappa shape index (κ3) is 4.50. The molecule has 1 fully saturated rings. The van der Waals surface area contributed by atoms with Gasteiger partial charge >= 0.3 is 0 Å². The van der Waals surface area contributed by atoms with Gasteiger partial charge in [0.2, 0.25) is 5.91 Å². The lowest BCUT2D eigenvalue weighted by Gasteiger charge is -2.40. The molecule has 0 saturated carbocycles. The van der Waals surface area contributed by atoms with E-state index >= 15 is 0 Å². The van der Waals surface area contributed by atoms with Gasteiger partial charge in [0.05, 0.1) is 6.61 Å². The molecule has 1 saturated heterocycles. The van der Waals surface area contributed by atoms with E-state index in [1.54, 1.807) is 17.4 Å². The molecule has 1 aliphatic rings. The fourth-order valence-corrected chi connectivity index (χ4v) is 5.04. The number of aliphatic hydroxyl groups is 4. The molecule has 1 aliphatic heterocycles. The largest absolute Gasteiger partial charge is 0.394 e. The highest BCUT2D eigenvalue weighted by Crippen LogP contribution is 2.37. The van der Waals surface area contributed by atoms with Crippen molar-refractivity contribution in [1.29, 1.82) is 0 Å². The van der Waals surface area contributed by atoms with Crippen LogP contribution in [0.5, 0.6) is 0 Å². The highest BCUT2D eigenvalue weighted by molar-refractivity contribution is 7.19. The van der Waals surface area contributed by atoms with Crippen LogP contribution in [-0.2, 0) is 16.0 Å². The molecule has 0 radical (unpaired) electrons. The molecule has 3 aromatic rings. The number of amides is 1. The van der Waals surface area contributed by atoms with E-state index in [2.05, 4.69) is 23.5 Å². The Morgan fingerprint density at radius 1 is 1.06 bits per heavy atom. The maximum Gasteiger partial charge on any atom is 0.221 e. The molecular weight excluding hydrogens is 418 g/mol. The van der Waals surface area contributed by atoms with Gasteiger partial charge in [-0.25, -0.2) is 0 Å². The number of carbonyl (C=O) groups is 1. The Morgan fingerprint density at radius 3 is 2.55 bits per heavy atom. The number of rotatable bonds is 5. The predicted molar refractivity (Wildman–Crippen MR) is 118 cm³/mol. The number of thiophene rings is 1. The van der Waals surface area contributed by atoms with Crippen LogP contribution in [0, 0.1) is 0 Å². The molecule has 7 nitrogen and oxygen atoms in total. The lowest BCUT2D eigenvalue weighted by Crippen LogP contribution is -2.55. The second kappa shape index (κ2) is 9.04. The van der Waals surface area contributed by atoms with Crippen LogP contribution < -0.4 is 5.32 Å². The number of aliphatic hydroxyl groups excluding tert-OH is 4.